The van der Waals surface area contributed by atoms with Crippen molar-refractivity contribution in [3.8, 4) is 11.3 Å². The summed E-state index contributed by atoms with van der Waals surface area (Å²) in [5, 5.41) is 7.09. The number of rotatable bonds is 5. The van der Waals surface area contributed by atoms with Crippen LogP contribution in [0.3, 0.4) is 0 Å². The Hall–Kier alpha value is -2.45. The van der Waals surface area contributed by atoms with Crippen molar-refractivity contribution in [2.45, 2.75) is 23.8 Å². The van der Waals surface area contributed by atoms with E-state index in [0.29, 0.717) is 18.0 Å². The molecule has 0 bridgehead atoms. The van der Waals surface area contributed by atoms with E-state index >= 15 is 0 Å². The van der Waals surface area contributed by atoms with Gasteiger partial charge in [0.25, 0.3) is 0 Å². The van der Waals surface area contributed by atoms with E-state index in [9.17, 15) is 13.2 Å². The number of carbonyl (C=O) groups excluding carboxylic acids is 1. The predicted octanol–water partition coefficient (Wildman–Crippen LogP) is 1.79. The zero-order valence-corrected chi connectivity index (χ0v) is 16.6. The maximum atomic E-state index is 13.2. The number of fused-ring (bicyclic) bond motifs is 1. The summed E-state index contributed by atoms with van der Waals surface area (Å²) < 4.78 is 29.7. The minimum atomic E-state index is -3.55. The third kappa shape index (κ3) is 3.38. The van der Waals surface area contributed by atoms with Gasteiger partial charge in [-0.15, -0.1) is 0 Å². The van der Waals surface area contributed by atoms with Crippen LogP contribution in [-0.2, 0) is 21.9 Å². The van der Waals surface area contributed by atoms with Gasteiger partial charge < -0.3 is 5.32 Å². The molecule has 1 aromatic carbocycles. The number of carbonyl (C=O) groups is 1. The highest BCUT2D eigenvalue weighted by Gasteiger charge is 2.45. The molecule has 2 heterocycles. The Balaban J connectivity index is 1.50. The van der Waals surface area contributed by atoms with E-state index in [-0.39, 0.29) is 23.8 Å². The van der Waals surface area contributed by atoms with Crippen LogP contribution in [0, 0.1) is 11.8 Å². The normalized spacial score (nSPS) is 24.8. The Kier molecular flexibility index (Phi) is 4.84. The number of amides is 1. The van der Waals surface area contributed by atoms with Crippen LogP contribution in [-0.4, -0.2) is 47.5 Å². The summed E-state index contributed by atoms with van der Waals surface area (Å²) in [4.78, 5) is 11.8. The van der Waals surface area contributed by atoms with Crippen LogP contribution in [0.5, 0.6) is 0 Å². The zero-order valence-electron chi connectivity index (χ0n) is 15.8. The molecule has 1 aliphatic heterocycles. The Morgan fingerprint density at radius 2 is 1.96 bits per heavy atom. The van der Waals surface area contributed by atoms with Gasteiger partial charge >= 0.3 is 0 Å². The quantitative estimate of drug-likeness (QED) is 0.776. The number of benzene rings is 1. The van der Waals surface area contributed by atoms with Gasteiger partial charge in [-0.25, -0.2) is 8.42 Å². The summed E-state index contributed by atoms with van der Waals surface area (Å²) in [7, 11) is -1.72. The lowest BCUT2D eigenvalue weighted by Crippen LogP contribution is -2.35. The van der Waals surface area contributed by atoms with Crippen molar-refractivity contribution in [2.75, 3.05) is 13.1 Å². The molecule has 2 unspecified atom stereocenters. The highest BCUT2D eigenvalue weighted by Crippen LogP contribution is 2.40. The summed E-state index contributed by atoms with van der Waals surface area (Å²) >= 11 is 0. The second-order valence-corrected chi connectivity index (χ2v) is 9.53. The Labute approximate surface area is 165 Å². The molecule has 0 radical (unpaired) electrons. The maximum absolute atomic E-state index is 13.2. The van der Waals surface area contributed by atoms with Gasteiger partial charge in [-0.1, -0.05) is 18.7 Å². The number of hydrogen-bond acceptors (Lipinski definition) is 4. The first-order chi connectivity index (χ1) is 13.4. The highest BCUT2D eigenvalue weighted by molar-refractivity contribution is 7.89. The monoisotopic (exact) mass is 400 g/mol. The van der Waals surface area contributed by atoms with Crippen LogP contribution in [0.1, 0.15) is 12.8 Å². The number of nitrogens with one attached hydrogen (secondary N) is 1. The van der Waals surface area contributed by atoms with E-state index in [2.05, 4.69) is 17.0 Å². The number of sulfonamides is 1. The summed E-state index contributed by atoms with van der Waals surface area (Å²) in [6, 6.07) is 9.00. The fraction of sp³-hybridized carbons (Fsp3) is 0.400. The largest absolute Gasteiger partial charge is 0.350 e. The average Bonchev–Trinajstić information content (AvgIpc) is 3.36. The van der Waals surface area contributed by atoms with Crippen LogP contribution in [0.25, 0.3) is 11.3 Å². The number of hydrogen-bond donors (Lipinski definition) is 1. The third-order valence-electron chi connectivity index (χ3n) is 5.84. The minimum absolute atomic E-state index is 0.110. The molecule has 2 aromatic rings. The Morgan fingerprint density at radius 3 is 2.57 bits per heavy atom. The van der Waals surface area contributed by atoms with E-state index in [0.717, 1.165) is 24.1 Å². The molecule has 2 aliphatic rings. The third-order valence-corrected chi connectivity index (χ3v) is 7.67. The molecule has 0 spiro atoms. The number of aromatic nitrogens is 2. The van der Waals surface area contributed by atoms with Crippen LogP contribution in [0.15, 0.2) is 54.1 Å². The van der Waals surface area contributed by atoms with E-state index < -0.39 is 10.0 Å². The fourth-order valence-corrected chi connectivity index (χ4v) is 6.05. The fourth-order valence-electron chi connectivity index (χ4n) is 4.45. The van der Waals surface area contributed by atoms with Gasteiger partial charge in [0.15, 0.2) is 0 Å². The second-order valence-electron chi connectivity index (χ2n) is 7.59. The van der Waals surface area contributed by atoms with Crippen molar-refractivity contribution >= 4 is 15.9 Å². The first-order valence-electron chi connectivity index (χ1n) is 9.40. The van der Waals surface area contributed by atoms with Crippen molar-refractivity contribution in [3.05, 3.63) is 49.2 Å². The molecule has 1 N–H and O–H groups in total. The minimum Gasteiger partial charge on any atom is -0.350 e. The molecule has 1 saturated carbocycles. The molecule has 4 rings (SSSR count). The van der Waals surface area contributed by atoms with E-state index in [1.807, 2.05) is 19.2 Å². The van der Waals surface area contributed by atoms with Gasteiger partial charge in [-0.3, -0.25) is 9.48 Å². The van der Waals surface area contributed by atoms with Gasteiger partial charge in [-0.2, -0.15) is 9.40 Å². The maximum Gasteiger partial charge on any atom is 0.243 e. The molecule has 8 heteroatoms. The number of nitrogens with zero attached hydrogens (tertiary/aromatic N) is 3. The van der Waals surface area contributed by atoms with Gasteiger partial charge in [-0.05, 0) is 49.0 Å². The van der Waals surface area contributed by atoms with Crippen LogP contribution < -0.4 is 5.32 Å². The van der Waals surface area contributed by atoms with Crippen molar-refractivity contribution in [1.82, 2.24) is 19.4 Å². The predicted molar refractivity (Wildman–Crippen MR) is 106 cm³/mol. The lowest BCUT2D eigenvalue weighted by atomic mass is 10.0. The Bertz CT molecular complexity index is 1000. The lowest BCUT2D eigenvalue weighted by Gasteiger charge is -2.20. The molecule has 148 valence electrons. The van der Waals surface area contributed by atoms with Gasteiger partial charge in [0, 0.05) is 37.9 Å². The Morgan fingerprint density at radius 1 is 1.25 bits per heavy atom. The van der Waals surface area contributed by atoms with Crippen molar-refractivity contribution in [3.63, 3.8) is 0 Å². The first-order valence-corrected chi connectivity index (χ1v) is 10.8. The summed E-state index contributed by atoms with van der Waals surface area (Å²) in [6.45, 7) is 4.49. The van der Waals surface area contributed by atoms with Gasteiger partial charge in [0.05, 0.1) is 10.6 Å². The second kappa shape index (κ2) is 7.18. The molecule has 7 nitrogen and oxygen atoms in total. The topological polar surface area (TPSA) is 84.3 Å². The average molecular weight is 401 g/mol. The number of aryl methyl sites for hydroxylation is 1. The van der Waals surface area contributed by atoms with Crippen LogP contribution in [0.2, 0.25) is 0 Å². The smallest absolute Gasteiger partial charge is 0.243 e. The molecule has 1 aromatic heterocycles. The van der Waals surface area contributed by atoms with Gasteiger partial charge in [0.1, 0.15) is 0 Å². The molecular weight excluding hydrogens is 376 g/mol. The van der Waals surface area contributed by atoms with E-state index in [4.69, 9.17) is 0 Å². The summed E-state index contributed by atoms with van der Waals surface area (Å²) in [5.41, 5.74) is 1.70. The van der Waals surface area contributed by atoms with Crippen LogP contribution >= 0.6 is 0 Å². The molecule has 2 fully saturated rings. The first kappa shape index (κ1) is 18.9. The van der Waals surface area contributed by atoms with Crippen LogP contribution in [0.4, 0.5) is 0 Å². The lowest BCUT2D eigenvalue weighted by molar-refractivity contribution is -0.117. The van der Waals surface area contributed by atoms with Crippen molar-refractivity contribution in [1.29, 1.82) is 0 Å². The van der Waals surface area contributed by atoms with E-state index in [1.165, 1.54) is 6.08 Å². The zero-order chi connectivity index (χ0) is 19.9. The molecule has 2 atom stereocenters. The van der Waals surface area contributed by atoms with Crippen molar-refractivity contribution in [2.24, 2.45) is 18.9 Å². The highest BCUT2D eigenvalue weighted by atomic mass is 32.2. The van der Waals surface area contributed by atoms with Crippen molar-refractivity contribution < 1.29 is 13.2 Å². The summed E-state index contributed by atoms with van der Waals surface area (Å²) in [6.07, 6.45) is 4.59. The molecular formula is C20H24N4O3S. The molecule has 1 aliphatic carbocycles. The SMILES string of the molecule is C=CC(=O)NC1CC2CN(S(=O)(=O)c3cccc(-c4ccnn4C)c3)CC2C1. The molecule has 1 saturated heterocycles. The van der Waals surface area contributed by atoms with E-state index in [1.54, 1.807) is 33.4 Å². The molecule has 1 amide bonds. The standard InChI is InChI=1S/C20H24N4O3S/c1-3-20(25)22-17-9-15-12-24(13-16(15)10-17)28(26,27)18-6-4-5-14(11-18)19-7-8-21-23(19)2/h3-8,11,15-17H,1,9-10,12-13H2,2H3,(H,22,25). The summed E-state index contributed by atoms with van der Waals surface area (Å²) in [5.74, 6) is 0.400. The van der Waals surface area contributed by atoms with Gasteiger partial charge in [0.2, 0.25) is 15.9 Å². The molecule has 28 heavy (non-hydrogen) atoms.